The Kier molecular flexibility index (Phi) is 3.53. The van der Waals surface area contributed by atoms with Crippen molar-refractivity contribution in [1.29, 1.82) is 0 Å². The fourth-order valence-corrected chi connectivity index (χ4v) is 3.50. The molecule has 0 saturated heterocycles. The number of hydrogen-bond donors (Lipinski definition) is 1. The van der Waals surface area contributed by atoms with E-state index >= 15 is 0 Å². The average Bonchev–Trinajstić information content (AvgIpc) is 3.27. The van der Waals surface area contributed by atoms with Gasteiger partial charge in [0, 0.05) is 6.54 Å². The van der Waals surface area contributed by atoms with Crippen LogP contribution in [0.3, 0.4) is 0 Å². The highest BCUT2D eigenvalue weighted by atomic mass is 16.3. The molecule has 1 aromatic carbocycles. The molecular weight excluding hydrogens is 332 g/mol. The Morgan fingerprint density at radius 3 is 2.58 bits per heavy atom. The van der Waals surface area contributed by atoms with Gasteiger partial charge in [-0.1, -0.05) is 12.1 Å². The van der Waals surface area contributed by atoms with E-state index in [1.165, 1.54) is 4.80 Å². The predicted molar refractivity (Wildman–Crippen MR) is 92.9 cm³/mol. The van der Waals surface area contributed by atoms with E-state index in [4.69, 9.17) is 0 Å². The molecule has 134 valence electrons. The Hall–Kier alpha value is -2.74. The smallest absolute Gasteiger partial charge is 0.246 e. The van der Waals surface area contributed by atoms with Gasteiger partial charge >= 0.3 is 0 Å². The van der Waals surface area contributed by atoms with E-state index in [0.29, 0.717) is 25.6 Å². The normalized spacial score (nSPS) is 18.1. The summed E-state index contributed by atoms with van der Waals surface area (Å²) in [6, 6.07) is 9.51. The van der Waals surface area contributed by atoms with E-state index in [2.05, 4.69) is 15.3 Å². The van der Waals surface area contributed by atoms with Gasteiger partial charge in [0.05, 0.1) is 24.5 Å². The molecule has 26 heavy (non-hydrogen) atoms. The molecule has 3 aromatic rings. The van der Waals surface area contributed by atoms with Gasteiger partial charge in [-0.15, -0.1) is 0 Å². The first-order valence-electron chi connectivity index (χ1n) is 9.00. The van der Waals surface area contributed by atoms with E-state index in [0.717, 1.165) is 35.3 Å². The number of amides is 1. The quantitative estimate of drug-likeness (QED) is 0.760. The molecule has 1 atom stereocenters. The van der Waals surface area contributed by atoms with E-state index < -0.39 is 6.10 Å². The Morgan fingerprint density at radius 1 is 1.15 bits per heavy atom. The molecule has 1 aliphatic carbocycles. The van der Waals surface area contributed by atoms with Gasteiger partial charge in [-0.2, -0.15) is 20.1 Å². The summed E-state index contributed by atoms with van der Waals surface area (Å²) in [5.74, 6) is 0.340. The fourth-order valence-electron chi connectivity index (χ4n) is 3.50. The Balaban J connectivity index is 1.29. The van der Waals surface area contributed by atoms with E-state index in [1.54, 1.807) is 4.90 Å². The molecule has 1 unspecified atom stereocenters. The fraction of sp³-hybridized carbons (Fsp3) is 0.444. The molecule has 0 radical (unpaired) electrons. The van der Waals surface area contributed by atoms with E-state index in [1.807, 2.05) is 35.0 Å². The second-order valence-electron chi connectivity index (χ2n) is 7.10. The van der Waals surface area contributed by atoms with Crippen molar-refractivity contribution in [3.8, 4) is 0 Å². The van der Waals surface area contributed by atoms with Crippen LogP contribution in [0.4, 0.5) is 0 Å². The van der Waals surface area contributed by atoms with Crippen LogP contribution >= 0.6 is 0 Å². The van der Waals surface area contributed by atoms with Crippen LogP contribution < -0.4 is 0 Å². The van der Waals surface area contributed by atoms with E-state index in [9.17, 15) is 9.90 Å². The molecule has 8 heteroatoms. The lowest BCUT2D eigenvalue weighted by Crippen LogP contribution is -2.40. The molecule has 1 N–H and O–H groups in total. The summed E-state index contributed by atoms with van der Waals surface area (Å²) in [4.78, 5) is 15.9. The van der Waals surface area contributed by atoms with Crippen LogP contribution in [0.2, 0.25) is 0 Å². The predicted octanol–water partition coefficient (Wildman–Crippen LogP) is 1.11. The zero-order valence-electron chi connectivity index (χ0n) is 14.3. The molecule has 5 rings (SSSR count). The molecule has 2 aliphatic rings. The Morgan fingerprint density at radius 2 is 1.88 bits per heavy atom. The summed E-state index contributed by atoms with van der Waals surface area (Å²) in [6.45, 7) is 1.88. The van der Waals surface area contributed by atoms with Crippen LogP contribution in [0.15, 0.2) is 30.3 Å². The van der Waals surface area contributed by atoms with Crippen LogP contribution in [-0.2, 0) is 24.4 Å². The Labute approximate surface area is 150 Å². The average molecular weight is 352 g/mol. The molecule has 0 bridgehead atoms. The molecule has 2 aromatic heterocycles. The number of rotatable bonds is 4. The topological polar surface area (TPSA) is 89.1 Å². The monoisotopic (exact) mass is 352 g/mol. The van der Waals surface area contributed by atoms with Crippen molar-refractivity contribution < 1.29 is 9.90 Å². The van der Waals surface area contributed by atoms with Gasteiger partial charge in [0.2, 0.25) is 5.91 Å². The maximum absolute atomic E-state index is 12.7. The molecule has 1 aliphatic heterocycles. The molecule has 3 heterocycles. The third-order valence-corrected chi connectivity index (χ3v) is 5.15. The van der Waals surface area contributed by atoms with Gasteiger partial charge in [0.25, 0.3) is 0 Å². The molecule has 1 fully saturated rings. The van der Waals surface area contributed by atoms with Crippen LogP contribution in [0.1, 0.15) is 30.3 Å². The lowest BCUT2D eigenvalue weighted by Gasteiger charge is -2.27. The third-order valence-electron chi connectivity index (χ3n) is 5.15. The van der Waals surface area contributed by atoms with Gasteiger partial charge in [-0.05, 0) is 37.0 Å². The first-order valence-corrected chi connectivity index (χ1v) is 9.00. The SMILES string of the molecule is O=C(Cn1nc2ccccc2n1)N1CCn2nc(C(O)C3CC3)cc2C1. The minimum Gasteiger partial charge on any atom is -0.386 e. The number of benzene rings is 1. The summed E-state index contributed by atoms with van der Waals surface area (Å²) in [5, 5.41) is 23.5. The van der Waals surface area contributed by atoms with Crippen molar-refractivity contribution in [2.75, 3.05) is 6.54 Å². The van der Waals surface area contributed by atoms with Gasteiger partial charge < -0.3 is 10.0 Å². The van der Waals surface area contributed by atoms with Crippen LogP contribution in [0.25, 0.3) is 11.0 Å². The summed E-state index contributed by atoms with van der Waals surface area (Å²) < 4.78 is 1.91. The summed E-state index contributed by atoms with van der Waals surface area (Å²) in [5.41, 5.74) is 3.28. The third kappa shape index (κ3) is 2.76. The number of carbonyl (C=O) groups excluding carboxylic acids is 1. The molecular formula is C18H20N6O2. The zero-order valence-corrected chi connectivity index (χ0v) is 14.3. The van der Waals surface area contributed by atoms with Crippen LogP contribution in [-0.4, -0.2) is 47.2 Å². The second kappa shape index (κ2) is 5.91. The van der Waals surface area contributed by atoms with Crippen molar-refractivity contribution >= 4 is 16.9 Å². The molecule has 1 saturated carbocycles. The highest BCUT2D eigenvalue weighted by Gasteiger charge is 2.33. The first kappa shape index (κ1) is 15.5. The highest BCUT2D eigenvalue weighted by molar-refractivity contribution is 5.77. The van der Waals surface area contributed by atoms with Crippen molar-refractivity contribution in [2.24, 2.45) is 5.92 Å². The second-order valence-corrected chi connectivity index (χ2v) is 7.10. The summed E-state index contributed by atoms with van der Waals surface area (Å²) in [7, 11) is 0. The van der Waals surface area contributed by atoms with Crippen LogP contribution in [0, 0.1) is 5.92 Å². The maximum atomic E-state index is 12.7. The largest absolute Gasteiger partial charge is 0.386 e. The number of aliphatic hydroxyl groups excluding tert-OH is 1. The van der Waals surface area contributed by atoms with Gasteiger partial charge in [-0.3, -0.25) is 9.48 Å². The zero-order chi connectivity index (χ0) is 17.7. The van der Waals surface area contributed by atoms with Crippen molar-refractivity contribution in [2.45, 2.75) is 38.6 Å². The number of aromatic nitrogens is 5. The minimum atomic E-state index is -0.474. The van der Waals surface area contributed by atoms with Gasteiger partial charge in [-0.25, -0.2) is 0 Å². The standard InChI is InChI=1S/C18H20N6O2/c25-17(11-24-20-14-3-1-2-4-15(14)21-24)22-7-8-23-13(10-22)9-16(19-23)18(26)12-5-6-12/h1-4,9,12,18,26H,5-8,10-11H2. The first-order chi connectivity index (χ1) is 12.7. The van der Waals surface area contributed by atoms with Crippen molar-refractivity contribution in [3.05, 3.63) is 41.7 Å². The number of aliphatic hydroxyl groups is 1. The lowest BCUT2D eigenvalue weighted by molar-refractivity contribution is -0.133. The lowest BCUT2D eigenvalue weighted by atomic mass is 10.1. The van der Waals surface area contributed by atoms with Crippen LogP contribution in [0.5, 0.6) is 0 Å². The molecule has 8 nitrogen and oxygen atoms in total. The molecule has 0 spiro atoms. The summed E-state index contributed by atoms with van der Waals surface area (Å²) >= 11 is 0. The minimum absolute atomic E-state index is 0.0120. The maximum Gasteiger partial charge on any atom is 0.246 e. The number of nitrogens with zero attached hydrogens (tertiary/aromatic N) is 6. The van der Waals surface area contributed by atoms with Crippen molar-refractivity contribution in [3.63, 3.8) is 0 Å². The van der Waals surface area contributed by atoms with E-state index in [-0.39, 0.29) is 12.5 Å². The van der Waals surface area contributed by atoms with Gasteiger partial charge in [0.1, 0.15) is 23.7 Å². The molecule has 1 amide bonds. The van der Waals surface area contributed by atoms with Crippen molar-refractivity contribution in [1.82, 2.24) is 29.7 Å². The number of hydrogen-bond acceptors (Lipinski definition) is 5. The Bertz CT molecular complexity index is 940. The number of carbonyl (C=O) groups is 1. The number of fused-ring (bicyclic) bond motifs is 2. The highest BCUT2D eigenvalue weighted by Crippen LogP contribution is 2.40. The summed E-state index contributed by atoms with van der Waals surface area (Å²) in [6.07, 6.45) is 1.66. The van der Waals surface area contributed by atoms with Gasteiger partial charge in [0.15, 0.2) is 0 Å².